The highest BCUT2D eigenvalue weighted by Crippen LogP contribution is 2.32. The van der Waals surface area contributed by atoms with E-state index in [1.54, 1.807) is 0 Å². The fraction of sp³-hybridized carbons (Fsp3) is 0.737. The van der Waals surface area contributed by atoms with Crippen LogP contribution in [0, 0.1) is 5.92 Å². The molecule has 2 fully saturated rings. The SMILES string of the molecule is CC(C)Nc1nc(N2CCCC2)nc2c1CN(C(=O)C1CCC1)CC2. The minimum Gasteiger partial charge on any atom is -0.367 e. The van der Waals surface area contributed by atoms with Crippen LogP contribution >= 0.6 is 0 Å². The Morgan fingerprint density at radius 1 is 1.12 bits per heavy atom. The van der Waals surface area contributed by atoms with Gasteiger partial charge in [0.2, 0.25) is 11.9 Å². The quantitative estimate of drug-likeness (QED) is 0.910. The van der Waals surface area contributed by atoms with Crippen molar-refractivity contribution in [2.75, 3.05) is 29.9 Å². The second-order valence-electron chi connectivity index (χ2n) is 7.93. The maximum absolute atomic E-state index is 12.7. The van der Waals surface area contributed by atoms with Crippen LogP contribution in [-0.2, 0) is 17.8 Å². The Hall–Kier alpha value is -1.85. The van der Waals surface area contributed by atoms with Crippen LogP contribution < -0.4 is 10.2 Å². The van der Waals surface area contributed by atoms with Gasteiger partial charge in [0.15, 0.2) is 0 Å². The molecule has 6 heteroatoms. The number of aromatic nitrogens is 2. The minimum absolute atomic E-state index is 0.257. The second-order valence-corrected chi connectivity index (χ2v) is 7.93. The molecule has 1 aliphatic carbocycles. The number of carbonyl (C=O) groups is 1. The highest BCUT2D eigenvalue weighted by atomic mass is 16.2. The molecule has 136 valence electrons. The summed E-state index contributed by atoms with van der Waals surface area (Å²) in [5.41, 5.74) is 2.24. The normalized spacial score (nSPS) is 20.6. The molecule has 4 rings (SSSR count). The van der Waals surface area contributed by atoms with Gasteiger partial charge in [0.25, 0.3) is 0 Å². The van der Waals surface area contributed by atoms with Gasteiger partial charge in [0, 0.05) is 43.6 Å². The van der Waals surface area contributed by atoms with Crippen molar-refractivity contribution in [3.8, 4) is 0 Å². The molecule has 0 aromatic carbocycles. The first-order chi connectivity index (χ1) is 12.1. The van der Waals surface area contributed by atoms with Gasteiger partial charge in [0.1, 0.15) is 5.82 Å². The molecule has 0 spiro atoms. The summed E-state index contributed by atoms with van der Waals surface area (Å²) in [7, 11) is 0. The van der Waals surface area contributed by atoms with Gasteiger partial charge in [-0.1, -0.05) is 6.42 Å². The van der Waals surface area contributed by atoms with Crippen LogP contribution in [0.2, 0.25) is 0 Å². The van der Waals surface area contributed by atoms with E-state index in [-0.39, 0.29) is 5.92 Å². The molecule has 0 atom stereocenters. The Morgan fingerprint density at radius 3 is 2.52 bits per heavy atom. The van der Waals surface area contributed by atoms with Gasteiger partial charge in [-0.05, 0) is 39.5 Å². The Morgan fingerprint density at radius 2 is 1.88 bits per heavy atom. The van der Waals surface area contributed by atoms with E-state index >= 15 is 0 Å². The van der Waals surface area contributed by atoms with Crippen molar-refractivity contribution in [1.29, 1.82) is 0 Å². The van der Waals surface area contributed by atoms with E-state index in [1.807, 2.05) is 4.90 Å². The molecule has 2 aliphatic heterocycles. The lowest BCUT2D eigenvalue weighted by Crippen LogP contribution is -2.42. The fourth-order valence-electron chi connectivity index (χ4n) is 3.95. The van der Waals surface area contributed by atoms with E-state index in [9.17, 15) is 4.79 Å². The van der Waals surface area contributed by atoms with Crippen LogP contribution in [0.15, 0.2) is 0 Å². The Balaban J connectivity index is 1.61. The lowest BCUT2D eigenvalue weighted by Gasteiger charge is -2.35. The average Bonchev–Trinajstić information content (AvgIpc) is 3.06. The van der Waals surface area contributed by atoms with Crippen molar-refractivity contribution < 1.29 is 4.79 Å². The number of hydrogen-bond donors (Lipinski definition) is 1. The van der Waals surface area contributed by atoms with Crippen LogP contribution in [0.4, 0.5) is 11.8 Å². The standard InChI is InChI=1S/C19H29N5O/c1-13(2)20-17-15-12-24(18(25)14-6-5-7-14)11-8-16(15)21-19(22-17)23-9-3-4-10-23/h13-14H,3-12H2,1-2H3,(H,20,21,22). The first kappa shape index (κ1) is 16.6. The second kappa shape index (κ2) is 6.81. The van der Waals surface area contributed by atoms with E-state index in [0.717, 1.165) is 61.9 Å². The number of anilines is 2. The Kier molecular flexibility index (Phi) is 4.52. The van der Waals surface area contributed by atoms with Crippen LogP contribution in [0.3, 0.4) is 0 Å². The number of rotatable bonds is 4. The molecule has 1 aromatic rings. The van der Waals surface area contributed by atoms with Crippen LogP contribution in [0.1, 0.15) is 57.2 Å². The lowest BCUT2D eigenvalue weighted by molar-refractivity contribution is -0.139. The summed E-state index contributed by atoms with van der Waals surface area (Å²) in [4.78, 5) is 26.7. The number of carbonyl (C=O) groups excluding carboxylic acids is 1. The summed E-state index contributed by atoms with van der Waals surface area (Å²) < 4.78 is 0. The maximum Gasteiger partial charge on any atom is 0.227 e. The highest BCUT2D eigenvalue weighted by molar-refractivity contribution is 5.80. The summed E-state index contributed by atoms with van der Waals surface area (Å²) in [5, 5.41) is 3.50. The monoisotopic (exact) mass is 343 g/mol. The minimum atomic E-state index is 0.257. The van der Waals surface area contributed by atoms with E-state index in [0.29, 0.717) is 18.5 Å². The molecule has 1 saturated heterocycles. The van der Waals surface area contributed by atoms with Gasteiger partial charge in [-0.25, -0.2) is 4.98 Å². The third-order valence-corrected chi connectivity index (χ3v) is 5.63. The summed E-state index contributed by atoms with van der Waals surface area (Å²) in [6.07, 6.45) is 6.59. The Labute approximate surface area is 150 Å². The zero-order chi connectivity index (χ0) is 17.4. The molecule has 6 nitrogen and oxygen atoms in total. The molecule has 0 unspecified atom stereocenters. The number of nitrogens with one attached hydrogen (secondary N) is 1. The zero-order valence-electron chi connectivity index (χ0n) is 15.4. The Bertz CT molecular complexity index is 649. The summed E-state index contributed by atoms with van der Waals surface area (Å²) >= 11 is 0. The third kappa shape index (κ3) is 3.31. The van der Waals surface area contributed by atoms with Crippen LogP contribution in [0.5, 0.6) is 0 Å². The molecule has 1 N–H and O–H groups in total. The van der Waals surface area contributed by atoms with Gasteiger partial charge in [0.05, 0.1) is 12.2 Å². The predicted molar refractivity (Wildman–Crippen MR) is 98.7 cm³/mol. The van der Waals surface area contributed by atoms with Gasteiger partial charge in [-0.15, -0.1) is 0 Å². The first-order valence-corrected chi connectivity index (χ1v) is 9.82. The van der Waals surface area contributed by atoms with Gasteiger partial charge >= 0.3 is 0 Å². The summed E-state index contributed by atoms with van der Waals surface area (Å²) in [6, 6.07) is 0.308. The molecule has 0 radical (unpaired) electrons. The van der Waals surface area contributed by atoms with Crippen molar-refractivity contribution >= 4 is 17.7 Å². The van der Waals surface area contributed by atoms with Crippen molar-refractivity contribution in [2.45, 2.75) is 65.0 Å². The number of hydrogen-bond acceptors (Lipinski definition) is 5. The predicted octanol–water partition coefficient (Wildman–Crippen LogP) is 2.58. The molecule has 1 saturated carbocycles. The number of fused-ring (bicyclic) bond motifs is 1. The molecule has 3 aliphatic rings. The van der Waals surface area contributed by atoms with Crippen LogP contribution in [-0.4, -0.2) is 46.5 Å². The maximum atomic E-state index is 12.7. The topological polar surface area (TPSA) is 61.4 Å². The van der Waals surface area contributed by atoms with Gasteiger partial charge in [-0.2, -0.15) is 4.98 Å². The van der Waals surface area contributed by atoms with Crippen molar-refractivity contribution in [3.63, 3.8) is 0 Å². The van der Waals surface area contributed by atoms with Gasteiger partial charge in [-0.3, -0.25) is 4.79 Å². The molecule has 0 bridgehead atoms. The molecule has 1 aromatic heterocycles. The number of amides is 1. The summed E-state index contributed by atoms with van der Waals surface area (Å²) in [6.45, 7) is 7.80. The highest BCUT2D eigenvalue weighted by Gasteiger charge is 2.33. The molecular weight excluding hydrogens is 314 g/mol. The van der Waals surface area contributed by atoms with Gasteiger partial charge < -0.3 is 15.1 Å². The largest absolute Gasteiger partial charge is 0.367 e. The van der Waals surface area contributed by atoms with Crippen molar-refractivity contribution in [3.05, 3.63) is 11.3 Å². The fourth-order valence-corrected chi connectivity index (χ4v) is 3.95. The van der Waals surface area contributed by atoms with E-state index in [2.05, 4.69) is 24.1 Å². The molecule has 1 amide bonds. The summed E-state index contributed by atoms with van der Waals surface area (Å²) in [5.74, 6) is 2.37. The van der Waals surface area contributed by atoms with E-state index in [4.69, 9.17) is 9.97 Å². The smallest absolute Gasteiger partial charge is 0.227 e. The van der Waals surface area contributed by atoms with Crippen molar-refractivity contribution in [1.82, 2.24) is 14.9 Å². The molecular formula is C19H29N5O. The first-order valence-electron chi connectivity index (χ1n) is 9.82. The molecule has 25 heavy (non-hydrogen) atoms. The number of nitrogens with zero attached hydrogens (tertiary/aromatic N) is 4. The molecule has 3 heterocycles. The average molecular weight is 343 g/mol. The van der Waals surface area contributed by atoms with Crippen LogP contribution in [0.25, 0.3) is 0 Å². The van der Waals surface area contributed by atoms with E-state index in [1.165, 1.54) is 19.3 Å². The van der Waals surface area contributed by atoms with E-state index < -0.39 is 0 Å². The third-order valence-electron chi connectivity index (χ3n) is 5.63. The van der Waals surface area contributed by atoms with Crippen molar-refractivity contribution in [2.24, 2.45) is 5.92 Å². The lowest BCUT2D eigenvalue weighted by atomic mass is 9.84. The zero-order valence-corrected chi connectivity index (χ0v) is 15.4.